The lowest BCUT2D eigenvalue weighted by atomic mass is 9.92. The molecule has 1 fully saturated rings. The summed E-state index contributed by atoms with van der Waals surface area (Å²) in [6, 6.07) is 7.10. The number of rotatable bonds is 5. The van der Waals surface area contributed by atoms with E-state index in [0.29, 0.717) is 12.2 Å². The van der Waals surface area contributed by atoms with E-state index in [1.807, 2.05) is 12.1 Å². The summed E-state index contributed by atoms with van der Waals surface area (Å²) in [5, 5.41) is 17.0. The molecule has 112 valence electrons. The molecule has 2 N–H and O–H groups in total. The fourth-order valence-electron chi connectivity index (χ4n) is 3.05. The minimum atomic E-state index is -0.130. The van der Waals surface area contributed by atoms with Crippen LogP contribution < -0.4 is 5.32 Å². The zero-order valence-electron chi connectivity index (χ0n) is 12.3. The van der Waals surface area contributed by atoms with Gasteiger partial charge in [-0.3, -0.25) is 0 Å². The number of benzene rings is 1. The van der Waals surface area contributed by atoms with Gasteiger partial charge in [0, 0.05) is 6.42 Å². The van der Waals surface area contributed by atoms with E-state index in [9.17, 15) is 5.11 Å². The molecule has 21 heavy (non-hydrogen) atoms. The molecule has 0 bridgehead atoms. The lowest BCUT2D eigenvalue weighted by Crippen LogP contribution is -2.37. The molecule has 3 rings (SSSR count). The summed E-state index contributed by atoms with van der Waals surface area (Å²) < 4.78 is 5.53. The second kappa shape index (κ2) is 5.85. The second-order valence-electron chi connectivity index (χ2n) is 5.72. The molecule has 2 heterocycles. The quantitative estimate of drug-likeness (QED) is 0.884. The van der Waals surface area contributed by atoms with E-state index in [-0.39, 0.29) is 11.3 Å². The summed E-state index contributed by atoms with van der Waals surface area (Å²) in [4.78, 5) is 4.60. The predicted molar refractivity (Wildman–Crippen MR) is 79.0 cm³/mol. The van der Waals surface area contributed by atoms with Gasteiger partial charge in [0.15, 0.2) is 5.82 Å². The molecule has 0 spiro atoms. The topological polar surface area (TPSA) is 71.2 Å². The van der Waals surface area contributed by atoms with Gasteiger partial charge >= 0.3 is 0 Å². The summed E-state index contributed by atoms with van der Waals surface area (Å²) in [5.41, 5.74) is 0.929. The first-order valence-corrected chi connectivity index (χ1v) is 7.58. The van der Waals surface area contributed by atoms with Crippen LogP contribution in [0.5, 0.6) is 5.75 Å². The normalized spacial score (nSPS) is 21.8. The molecular formula is C16H21N3O2. The molecule has 5 nitrogen and oxygen atoms in total. The number of aromatic hydroxyl groups is 1. The van der Waals surface area contributed by atoms with Gasteiger partial charge in [-0.05, 0) is 43.5 Å². The smallest absolute Gasteiger partial charge is 0.246 e. The molecular weight excluding hydrogens is 266 g/mol. The van der Waals surface area contributed by atoms with Crippen LogP contribution in [0.1, 0.15) is 49.9 Å². The van der Waals surface area contributed by atoms with Gasteiger partial charge in [0.25, 0.3) is 0 Å². The zero-order valence-corrected chi connectivity index (χ0v) is 12.3. The van der Waals surface area contributed by atoms with Crippen molar-refractivity contribution in [3.05, 3.63) is 41.5 Å². The van der Waals surface area contributed by atoms with Crippen molar-refractivity contribution in [3.63, 3.8) is 0 Å². The fraction of sp³-hybridized carbons (Fsp3) is 0.500. The molecule has 0 aliphatic carbocycles. The van der Waals surface area contributed by atoms with Crippen molar-refractivity contribution < 1.29 is 9.63 Å². The van der Waals surface area contributed by atoms with Crippen LogP contribution in [-0.2, 0) is 12.0 Å². The average molecular weight is 287 g/mol. The third kappa shape index (κ3) is 2.93. The third-order valence-electron chi connectivity index (χ3n) is 4.10. The molecule has 1 saturated heterocycles. The van der Waals surface area contributed by atoms with E-state index in [1.165, 1.54) is 0 Å². The van der Waals surface area contributed by atoms with E-state index in [0.717, 1.165) is 43.7 Å². The van der Waals surface area contributed by atoms with E-state index in [4.69, 9.17) is 4.52 Å². The van der Waals surface area contributed by atoms with Crippen LogP contribution in [0, 0.1) is 0 Å². The molecule has 1 aliphatic rings. The number of phenols is 1. The fourth-order valence-corrected chi connectivity index (χ4v) is 3.05. The van der Waals surface area contributed by atoms with Crippen molar-refractivity contribution in [1.82, 2.24) is 15.5 Å². The van der Waals surface area contributed by atoms with Gasteiger partial charge in [0.05, 0.1) is 5.54 Å². The zero-order chi connectivity index (χ0) is 14.7. The van der Waals surface area contributed by atoms with Crippen LogP contribution in [0.4, 0.5) is 0 Å². The Hall–Kier alpha value is -1.88. The Morgan fingerprint density at radius 3 is 2.81 bits per heavy atom. The second-order valence-corrected chi connectivity index (χ2v) is 5.72. The highest BCUT2D eigenvalue weighted by Crippen LogP contribution is 2.34. The molecule has 1 atom stereocenters. The van der Waals surface area contributed by atoms with E-state index in [2.05, 4.69) is 22.4 Å². The summed E-state index contributed by atoms with van der Waals surface area (Å²) >= 11 is 0. The Bertz CT molecular complexity index is 586. The van der Waals surface area contributed by atoms with Crippen molar-refractivity contribution >= 4 is 0 Å². The summed E-state index contributed by atoms with van der Waals surface area (Å²) in [6.07, 6.45) is 4.93. The van der Waals surface area contributed by atoms with E-state index < -0.39 is 0 Å². The first-order valence-electron chi connectivity index (χ1n) is 7.58. The Balaban J connectivity index is 1.77. The average Bonchev–Trinajstić information content (AvgIpc) is 3.12. The Kier molecular flexibility index (Phi) is 3.92. The van der Waals surface area contributed by atoms with Crippen molar-refractivity contribution in [2.75, 3.05) is 6.54 Å². The van der Waals surface area contributed by atoms with Gasteiger partial charge in [-0.25, -0.2) is 0 Å². The maximum absolute atomic E-state index is 9.31. The third-order valence-corrected chi connectivity index (χ3v) is 4.10. The van der Waals surface area contributed by atoms with Crippen molar-refractivity contribution in [3.8, 4) is 5.75 Å². The minimum Gasteiger partial charge on any atom is -0.508 e. The number of aromatic nitrogens is 2. The molecule has 1 aromatic carbocycles. The Morgan fingerprint density at radius 2 is 2.14 bits per heavy atom. The van der Waals surface area contributed by atoms with Crippen LogP contribution in [0.25, 0.3) is 0 Å². The van der Waals surface area contributed by atoms with Crippen LogP contribution in [0.3, 0.4) is 0 Å². The summed E-state index contributed by atoms with van der Waals surface area (Å²) in [7, 11) is 0. The summed E-state index contributed by atoms with van der Waals surface area (Å²) in [6.45, 7) is 3.19. The Morgan fingerprint density at radius 1 is 1.33 bits per heavy atom. The van der Waals surface area contributed by atoms with Gasteiger partial charge in [-0.15, -0.1) is 0 Å². The molecule has 1 aliphatic heterocycles. The van der Waals surface area contributed by atoms with Crippen LogP contribution in [-0.4, -0.2) is 21.8 Å². The first kappa shape index (κ1) is 14.1. The highest BCUT2D eigenvalue weighted by Gasteiger charge is 2.39. The van der Waals surface area contributed by atoms with Crippen LogP contribution >= 0.6 is 0 Å². The number of phenolic OH excluding ortho intramolecular Hbond substituents is 1. The van der Waals surface area contributed by atoms with Crippen molar-refractivity contribution in [1.29, 1.82) is 0 Å². The number of nitrogens with zero attached hydrogens (tertiary/aromatic N) is 2. The molecule has 1 aromatic heterocycles. The van der Waals surface area contributed by atoms with E-state index in [1.54, 1.807) is 12.1 Å². The first-order chi connectivity index (χ1) is 10.2. The van der Waals surface area contributed by atoms with E-state index >= 15 is 0 Å². The summed E-state index contributed by atoms with van der Waals surface area (Å²) in [5.74, 6) is 1.68. The number of nitrogens with one attached hydrogen (secondary N) is 1. The molecule has 1 unspecified atom stereocenters. The Labute approximate surface area is 124 Å². The highest BCUT2D eigenvalue weighted by atomic mass is 16.5. The largest absolute Gasteiger partial charge is 0.508 e. The van der Waals surface area contributed by atoms with Gasteiger partial charge in [0.2, 0.25) is 5.89 Å². The molecule has 0 amide bonds. The van der Waals surface area contributed by atoms with Crippen molar-refractivity contribution in [2.45, 2.75) is 44.6 Å². The lowest BCUT2D eigenvalue weighted by Gasteiger charge is -2.24. The monoisotopic (exact) mass is 287 g/mol. The molecule has 0 saturated carbocycles. The van der Waals surface area contributed by atoms with Crippen LogP contribution in [0.15, 0.2) is 28.8 Å². The maximum Gasteiger partial charge on any atom is 0.246 e. The molecule has 5 heteroatoms. The maximum atomic E-state index is 9.31. The van der Waals surface area contributed by atoms with Gasteiger partial charge in [0.1, 0.15) is 5.75 Å². The predicted octanol–water partition coefficient (Wildman–Crippen LogP) is 2.74. The minimum absolute atomic E-state index is 0.130. The number of hydrogen-bond acceptors (Lipinski definition) is 5. The van der Waals surface area contributed by atoms with Gasteiger partial charge < -0.3 is 14.9 Å². The highest BCUT2D eigenvalue weighted by molar-refractivity contribution is 5.27. The SMILES string of the molecule is CCCC1(c2nc(Cc3ccc(O)cc3)no2)CCCN1. The lowest BCUT2D eigenvalue weighted by molar-refractivity contribution is 0.240. The molecule has 2 aromatic rings. The van der Waals surface area contributed by atoms with Crippen LogP contribution in [0.2, 0.25) is 0 Å². The standard InChI is InChI=1S/C16H21N3O2/c1-2-8-16(9-3-10-17-16)15-18-14(19-21-15)11-12-4-6-13(20)7-5-12/h4-7,17,20H,2-3,8-11H2,1H3. The van der Waals surface area contributed by atoms with Gasteiger partial charge in [-0.2, -0.15) is 4.98 Å². The van der Waals surface area contributed by atoms with Crippen molar-refractivity contribution in [2.24, 2.45) is 0 Å². The van der Waals surface area contributed by atoms with Gasteiger partial charge in [-0.1, -0.05) is 30.6 Å². The number of hydrogen-bond donors (Lipinski definition) is 2. The molecule has 0 radical (unpaired) electrons.